The average Bonchev–Trinajstić information content (AvgIpc) is 3.13. The van der Waals surface area contributed by atoms with Gasteiger partial charge in [0.05, 0.1) is 11.1 Å². The molecule has 0 radical (unpaired) electrons. The molecule has 5 nitrogen and oxygen atoms in total. The molecule has 0 saturated carbocycles. The van der Waals surface area contributed by atoms with Gasteiger partial charge in [0, 0.05) is 30.6 Å². The molecule has 3 heterocycles. The standard InChI is InChI=1S/C17H14N2O3S/c1-18-16(21)12-3-2-10(8-13(12)17(18)22)15(20)19-6-4-14-11(9-19)5-7-23-14/h2-3,5,7-8H,4,6,9H2,1H3. The van der Waals surface area contributed by atoms with Crippen LogP contribution in [0.25, 0.3) is 0 Å². The summed E-state index contributed by atoms with van der Waals surface area (Å²) in [6, 6.07) is 6.81. The van der Waals surface area contributed by atoms with E-state index in [0.29, 0.717) is 29.8 Å². The molecular weight excluding hydrogens is 312 g/mol. The average molecular weight is 326 g/mol. The zero-order valence-corrected chi connectivity index (χ0v) is 13.4. The first-order valence-corrected chi connectivity index (χ1v) is 8.25. The zero-order valence-electron chi connectivity index (χ0n) is 12.5. The fourth-order valence-corrected chi connectivity index (χ4v) is 3.99. The van der Waals surface area contributed by atoms with Crippen LogP contribution in [0.4, 0.5) is 0 Å². The summed E-state index contributed by atoms with van der Waals surface area (Å²) in [7, 11) is 1.45. The van der Waals surface area contributed by atoms with Gasteiger partial charge >= 0.3 is 0 Å². The molecule has 2 aliphatic heterocycles. The summed E-state index contributed by atoms with van der Waals surface area (Å²) in [5, 5.41) is 2.05. The smallest absolute Gasteiger partial charge is 0.261 e. The van der Waals surface area contributed by atoms with Crippen molar-refractivity contribution in [2.45, 2.75) is 13.0 Å². The zero-order chi connectivity index (χ0) is 16.1. The van der Waals surface area contributed by atoms with Crippen LogP contribution in [0.1, 0.15) is 41.5 Å². The largest absolute Gasteiger partial charge is 0.334 e. The van der Waals surface area contributed by atoms with Crippen LogP contribution in [0.15, 0.2) is 29.6 Å². The van der Waals surface area contributed by atoms with E-state index in [2.05, 4.69) is 6.07 Å². The summed E-state index contributed by atoms with van der Waals surface area (Å²) in [5.41, 5.74) is 2.34. The van der Waals surface area contributed by atoms with E-state index in [1.807, 2.05) is 5.38 Å². The van der Waals surface area contributed by atoms with Gasteiger partial charge in [-0.05, 0) is 41.6 Å². The number of carbonyl (C=O) groups is 3. The molecule has 23 heavy (non-hydrogen) atoms. The lowest BCUT2D eigenvalue weighted by Crippen LogP contribution is -2.35. The lowest BCUT2D eigenvalue weighted by Gasteiger charge is -2.27. The predicted molar refractivity (Wildman–Crippen MR) is 85.6 cm³/mol. The number of imide groups is 1. The van der Waals surface area contributed by atoms with Crippen molar-refractivity contribution < 1.29 is 14.4 Å². The molecule has 6 heteroatoms. The second-order valence-electron chi connectivity index (χ2n) is 5.78. The molecular formula is C17H14N2O3S. The number of thiophene rings is 1. The Kier molecular flexibility index (Phi) is 3.09. The Balaban J connectivity index is 1.64. The van der Waals surface area contributed by atoms with Crippen molar-refractivity contribution >= 4 is 29.1 Å². The van der Waals surface area contributed by atoms with Gasteiger partial charge in [-0.3, -0.25) is 19.3 Å². The second-order valence-corrected chi connectivity index (χ2v) is 6.78. The Morgan fingerprint density at radius 1 is 1.13 bits per heavy atom. The molecule has 0 bridgehead atoms. The normalized spacial score (nSPS) is 16.6. The van der Waals surface area contributed by atoms with Gasteiger partial charge in [-0.2, -0.15) is 0 Å². The van der Waals surface area contributed by atoms with Crippen LogP contribution < -0.4 is 0 Å². The van der Waals surface area contributed by atoms with E-state index in [1.165, 1.54) is 17.5 Å². The Morgan fingerprint density at radius 3 is 2.74 bits per heavy atom. The molecule has 0 aliphatic carbocycles. The van der Waals surface area contributed by atoms with E-state index >= 15 is 0 Å². The highest BCUT2D eigenvalue weighted by molar-refractivity contribution is 7.10. The molecule has 3 amide bonds. The number of carbonyl (C=O) groups excluding carboxylic acids is 3. The molecule has 0 fully saturated rings. The van der Waals surface area contributed by atoms with Gasteiger partial charge in [0.1, 0.15) is 0 Å². The summed E-state index contributed by atoms with van der Waals surface area (Å²) < 4.78 is 0. The maximum absolute atomic E-state index is 12.7. The van der Waals surface area contributed by atoms with Gasteiger partial charge in [0.15, 0.2) is 0 Å². The number of hydrogen-bond donors (Lipinski definition) is 0. The van der Waals surface area contributed by atoms with Gasteiger partial charge in [-0.1, -0.05) is 0 Å². The summed E-state index contributed by atoms with van der Waals surface area (Å²) in [5.74, 6) is -0.761. The molecule has 116 valence electrons. The first kappa shape index (κ1) is 14.1. The maximum Gasteiger partial charge on any atom is 0.261 e. The first-order chi connectivity index (χ1) is 11.1. The van der Waals surface area contributed by atoms with Gasteiger partial charge in [0.25, 0.3) is 17.7 Å². The summed E-state index contributed by atoms with van der Waals surface area (Å²) in [6.07, 6.45) is 0.865. The van der Waals surface area contributed by atoms with Crippen LogP contribution in [-0.4, -0.2) is 41.1 Å². The molecule has 0 spiro atoms. The summed E-state index contributed by atoms with van der Waals surface area (Å²) in [4.78, 5) is 40.9. The highest BCUT2D eigenvalue weighted by Gasteiger charge is 2.33. The lowest BCUT2D eigenvalue weighted by molar-refractivity contribution is 0.0692. The molecule has 1 aromatic carbocycles. The van der Waals surface area contributed by atoms with E-state index in [9.17, 15) is 14.4 Å². The van der Waals surface area contributed by atoms with Gasteiger partial charge in [-0.15, -0.1) is 11.3 Å². The molecule has 0 unspecified atom stereocenters. The molecule has 0 saturated heterocycles. The highest BCUT2D eigenvalue weighted by Crippen LogP contribution is 2.27. The van der Waals surface area contributed by atoms with Gasteiger partial charge in [0.2, 0.25) is 0 Å². The number of benzene rings is 1. The molecule has 1 aromatic heterocycles. The number of nitrogens with zero attached hydrogens (tertiary/aromatic N) is 2. The van der Waals surface area contributed by atoms with E-state index in [0.717, 1.165) is 11.3 Å². The van der Waals surface area contributed by atoms with Crippen LogP contribution in [-0.2, 0) is 13.0 Å². The minimum Gasteiger partial charge on any atom is -0.334 e. The third-order valence-corrected chi connectivity index (χ3v) is 5.45. The molecule has 4 rings (SSSR count). The van der Waals surface area contributed by atoms with Crippen LogP contribution in [0.3, 0.4) is 0 Å². The Morgan fingerprint density at radius 2 is 1.91 bits per heavy atom. The Labute approximate surface area is 137 Å². The number of rotatable bonds is 1. The van der Waals surface area contributed by atoms with Crippen LogP contribution >= 0.6 is 11.3 Å². The summed E-state index contributed by atoms with van der Waals surface area (Å²) >= 11 is 1.73. The lowest BCUT2D eigenvalue weighted by atomic mass is 10.0. The SMILES string of the molecule is CN1C(=O)c2ccc(C(=O)N3CCc4sccc4C3)cc2C1=O. The van der Waals surface area contributed by atoms with Crippen molar-refractivity contribution in [1.29, 1.82) is 0 Å². The third kappa shape index (κ3) is 2.09. The van der Waals surface area contributed by atoms with Crippen molar-refractivity contribution in [3.8, 4) is 0 Å². The molecule has 0 N–H and O–H groups in total. The van der Waals surface area contributed by atoms with Crippen molar-refractivity contribution in [1.82, 2.24) is 9.80 Å². The highest BCUT2D eigenvalue weighted by atomic mass is 32.1. The number of hydrogen-bond acceptors (Lipinski definition) is 4. The van der Waals surface area contributed by atoms with E-state index < -0.39 is 0 Å². The quantitative estimate of drug-likeness (QED) is 0.755. The number of fused-ring (bicyclic) bond motifs is 2. The van der Waals surface area contributed by atoms with E-state index in [4.69, 9.17) is 0 Å². The fourth-order valence-electron chi connectivity index (χ4n) is 3.10. The maximum atomic E-state index is 12.7. The molecule has 2 aliphatic rings. The topological polar surface area (TPSA) is 57.7 Å². The molecule has 0 atom stereocenters. The van der Waals surface area contributed by atoms with E-state index in [1.54, 1.807) is 34.4 Å². The second kappa shape index (κ2) is 5.03. The Hall–Kier alpha value is -2.47. The van der Waals surface area contributed by atoms with E-state index in [-0.39, 0.29) is 17.7 Å². The third-order valence-electron chi connectivity index (χ3n) is 4.43. The van der Waals surface area contributed by atoms with Gasteiger partial charge in [-0.25, -0.2) is 0 Å². The van der Waals surface area contributed by atoms with Crippen LogP contribution in [0.2, 0.25) is 0 Å². The van der Waals surface area contributed by atoms with Gasteiger partial charge < -0.3 is 4.90 Å². The fraction of sp³-hybridized carbons (Fsp3) is 0.235. The van der Waals surface area contributed by atoms with Crippen molar-refractivity contribution in [2.24, 2.45) is 0 Å². The van der Waals surface area contributed by atoms with Crippen molar-refractivity contribution in [3.05, 3.63) is 56.8 Å². The van der Waals surface area contributed by atoms with Crippen molar-refractivity contribution in [3.63, 3.8) is 0 Å². The number of amides is 3. The van der Waals surface area contributed by atoms with Crippen LogP contribution in [0.5, 0.6) is 0 Å². The first-order valence-electron chi connectivity index (χ1n) is 7.37. The monoisotopic (exact) mass is 326 g/mol. The minimum absolute atomic E-state index is 0.0977. The van der Waals surface area contributed by atoms with Crippen LogP contribution in [0, 0.1) is 0 Å². The predicted octanol–water partition coefficient (Wildman–Crippen LogP) is 2.17. The molecule has 2 aromatic rings. The summed E-state index contributed by atoms with van der Waals surface area (Å²) in [6.45, 7) is 1.28. The van der Waals surface area contributed by atoms with Crippen molar-refractivity contribution in [2.75, 3.05) is 13.6 Å². The Bertz CT molecular complexity index is 855. The minimum atomic E-state index is -0.349.